The van der Waals surface area contributed by atoms with Crippen molar-refractivity contribution in [3.63, 3.8) is 0 Å². The molecule has 7 heteroatoms. The van der Waals surface area contributed by atoms with E-state index in [1.54, 1.807) is 13.8 Å². The molecule has 0 fully saturated rings. The molecule has 0 amide bonds. The van der Waals surface area contributed by atoms with E-state index >= 15 is 0 Å². The van der Waals surface area contributed by atoms with Crippen molar-refractivity contribution in [1.82, 2.24) is 4.98 Å². The minimum Gasteiger partial charge on any atom is -0.443 e. The van der Waals surface area contributed by atoms with Gasteiger partial charge in [-0.25, -0.2) is 22.2 Å². The van der Waals surface area contributed by atoms with Crippen molar-refractivity contribution in [1.29, 1.82) is 0 Å². The molecular formula is C11H17F2NO3S. The number of rotatable bonds is 4. The summed E-state index contributed by atoms with van der Waals surface area (Å²) in [6.45, 7) is 6.13. The van der Waals surface area contributed by atoms with Crippen molar-refractivity contribution in [3.8, 4) is 0 Å². The molecule has 1 aromatic heterocycles. The molecule has 0 aliphatic rings. The van der Waals surface area contributed by atoms with E-state index < -0.39 is 26.7 Å². The predicted octanol–water partition coefficient (Wildman–Crippen LogP) is 3.02. The molecule has 18 heavy (non-hydrogen) atoms. The van der Waals surface area contributed by atoms with Crippen LogP contribution in [-0.2, 0) is 14.6 Å². The minimum atomic E-state index is -3.51. The fourth-order valence-electron chi connectivity index (χ4n) is 1.33. The van der Waals surface area contributed by atoms with Gasteiger partial charge in [0.2, 0.25) is 5.89 Å². The lowest BCUT2D eigenvalue weighted by molar-refractivity contribution is 0.143. The lowest BCUT2D eigenvalue weighted by Crippen LogP contribution is -2.28. The zero-order valence-corrected chi connectivity index (χ0v) is 11.8. The Kier molecular flexibility index (Phi) is 3.86. The third kappa shape index (κ3) is 2.55. The van der Waals surface area contributed by atoms with Crippen LogP contribution in [0.1, 0.15) is 57.4 Å². The molecule has 104 valence electrons. The van der Waals surface area contributed by atoms with E-state index in [4.69, 9.17) is 4.42 Å². The average molecular weight is 281 g/mol. The second-order valence-electron chi connectivity index (χ2n) is 5.01. The monoisotopic (exact) mass is 281 g/mol. The van der Waals surface area contributed by atoms with Gasteiger partial charge in [-0.15, -0.1) is 0 Å². The van der Waals surface area contributed by atoms with E-state index in [1.165, 1.54) is 13.8 Å². The fraction of sp³-hybridized carbons (Fsp3) is 0.727. The zero-order valence-electron chi connectivity index (χ0n) is 11.0. The van der Waals surface area contributed by atoms with Crippen LogP contribution >= 0.6 is 0 Å². The maximum Gasteiger partial charge on any atom is 0.283 e. The van der Waals surface area contributed by atoms with Crippen molar-refractivity contribution >= 4 is 9.84 Å². The third-order valence-electron chi connectivity index (χ3n) is 2.85. The van der Waals surface area contributed by atoms with Crippen LogP contribution in [0, 0.1) is 0 Å². The number of sulfone groups is 1. The van der Waals surface area contributed by atoms with Gasteiger partial charge in [0.15, 0.2) is 9.84 Å². The minimum absolute atomic E-state index is 0.0386. The quantitative estimate of drug-likeness (QED) is 0.851. The second-order valence-corrected chi connectivity index (χ2v) is 7.57. The number of halogens is 2. The van der Waals surface area contributed by atoms with Gasteiger partial charge in [0.1, 0.15) is 16.2 Å². The molecule has 0 saturated heterocycles. The molecule has 0 radical (unpaired) electrons. The van der Waals surface area contributed by atoms with Crippen molar-refractivity contribution in [2.45, 2.75) is 44.8 Å². The van der Waals surface area contributed by atoms with Gasteiger partial charge in [0.25, 0.3) is 6.43 Å². The zero-order chi connectivity index (χ0) is 14.3. The summed E-state index contributed by atoms with van der Waals surface area (Å²) in [5, 5.41) is 0. The molecule has 0 saturated carbocycles. The lowest BCUT2D eigenvalue weighted by Gasteiger charge is -2.17. The first-order chi connectivity index (χ1) is 7.98. The molecule has 1 rings (SSSR count). The number of aromatic nitrogens is 1. The van der Waals surface area contributed by atoms with Crippen molar-refractivity contribution < 1.29 is 21.6 Å². The summed E-state index contributed by atoms with van der Waals surface area (Å²) in [7, 11) is -3.51. The van der Waals surface area contributed by atoms with Gasteiger partial charge in [-0.05, 0) is 13.8 Å². The Hall–Kier alpha value is -0.980. The standard InChI is InChI=1S/C11H17F2NO3S/c1-6(2)8-7(9(12)13)14-10(17-8)11(3,4)18(5,15)16/h6,9H,1-5H3. The van der Waals surface area contributed by atoms with Gasteiger partial charge in [0, 0.05) is 12.2 Å². The normalized spacial score (nSPS) is 13.6. The van der Waals surface area contributed by atoms with E-state index in [9.17, 15) is 17.2 Å². The molecule has 0 bridgehead atoms. The van der Waals surface area contributed by atoms with Gasteiger partial charge in [-0.3, -0.25) is 0 Å². The Morgan fingerprint density at radius 1 is 1.28 bits per heavy atom. The predicted molar refractivity (Wildman–Crippen MR) is 63.4 cm³/mol. The first-order valence-corrected chi connectivity index (χ1v) is 7.36. The van der Waals surface area contributed by atoms with Gasteiger partial charge < -0.3 is 4.42 Å². The molecule has 0 spiro atoms. The largest absolute Gasteiger partial charge is 0.443 e. The summed E-state index contributed by atoms with van der Waals surface area (Å²) in [6, 6.07) is 0. The molecule has 0 aliphatic heterocycles. The SMILES string of the molecule is CC(C)c1oc(C(C)(C)S(C)(=O)=O)nc1C(F)F. The summed E-state index contributed by atoms with van der Waals surface area (Å²) in [6.07, 6.45) is -1.76. The summed E-state index contributed by atoms with van der Waals surface area (Å²) in [5.74, 6) is -0.439. The van der Waals surface area contributed by atoms with Gasteiger partial charge in [-0.1, -0.05) is 13.8 Å². The van der Waals surface area contributed by atoms with Crippen LogP contribution in [0.2, 0.25) is 0 Å². The number of hydrogen-bond donors (Lipinski definition) is 0. The average Bonchev–Trinajstić information content (AvgIpc) is 2.60. The summed E-state index contributed by atoms with van der Waals surface area (Å²) in [4.78, 5) is 3.67. The van der Waals surface area contributed by atoms with Crippen LogP contribution in [-0.4, -0.2) is 19.7 Å². The first kappa shape index (κ1) is 15.1. The number of alkyl halides is 2. The van der Waals surface area contributed by atoms with Crippen LogP contribution in [0.5, 0.6) is 0 Å². The van der Waals surface area contributed by atoms with Gasteiger partial charge in [-0.2, -0.15) is 0 Å². The highest BCUT2D eigenvalue weighted by Gasteiger charge is 2.39. The van der Waals surface area contributed by atoms with Crippen molar-refractivity contribution in [3.05, 3.63) is 17.3 Å². The first-order valence-electron chi connectivity index (χ1n) is 5.47. The van der Waals surface area contributed by atoms with E-state index in [1.807, 2.05) is 0 Å². The smallest absolute Gasteiger partial charge is 0.283 e. The topological polar surface area (TPSA) is 60.2 Å². The van der Waals surface area contributed by atoms with Crippen LogP contribution in [0.3, 0.4) is 0 Å². The van der Waals surface area contributed by atoms with Gasteiger partial charge in [0.05, 0.1) is 0 Å². The molecule has 0 aliphatic carbocycles. The maximum absolute atomic E-state index is 12.8. The second kappa shape index (κ2) is 4.60. The van der Waals surface area contributed by atoms with E-state index in [2.05, 4.69) is 4.98 Å². The number of oxazole rings is 1. The molecule has 1 aromatic rings. The Labute approximate surface area is 105 Å². The highest BCUT2D eigenvalue weighted by molar-refractivity contribution is 7.91. The molecule has 1 heterocycles. The Morgan fingerprint density at radius 3 is 2.06 bits per heavy atom. The van der Waals surface area contributed by atoms with Crippen LogP contribution in [0.15, 0.2) is 4.42 Å². The highest BCUT2D eigenvalue weighted by atomic mass is 32.2. The Balaban J connectivity index is 3.42. The highest BCUT2D eigenvalue weighted by Crippen LogP contribution is 2.35. The van der Waals surface area contributed by atoms with E-state index in [0.29, 0.717) is 0 Å². The van der Waals surface area contributed by atoms with Crippen LogP contribution in [0.25, 0.3) is 0 Å². The lowest BCUT2D eigenvalue weighted by atomic mass is 10.1. The fourth-order valence-corrected chi connectivity index (χ4v) is 1.73. The van der Waals surface area contributed by atoms with Gasteiger partial charge >= 0.3 is 0 Å². The Morgan fingerprint density at radius 2 is 1.78 bits per heavy atom. The molecular weight excluding hydrogens is 264 g/mol. The molecule has 4 nitrogen and oxygen atoms in total. The van der Waals surface area contributed by atoms with Crippen molar-refractivity contribution in [2.24, 2.45) is 0 Å². The third-order valence-corrected chi connectivity index (χ3v) is 4.88. The number of nitrogens with zero attached hydrogens (tertiary/aromatic N) is 1. The van der Waals surface area contributed by atoms with Crippen LogP contribution < -0.4 is 0 Å². The maximum atomic E-state index is 12.8. The summed E-state index contributed by atoms with van der Waals surface area (Å²) >= 11 is 0. The van der Waals surface area contributed by atoms with Crippen molar-refractivity contribution in [2.75, 3.05) is 6.26 Å². The molecule has 0 unspecified atom stereocenters. The number of hydrogen-bond acceptors (Lipinski definition) is 4. The van der Waals surface area contributed by atoms with E-state index in [0.717, 1.165) is 6.26 Å². The van der Waals surface area contributed by atoms with Crippen LogP contribution in [0.4, 0.5) is 8.78 Å². The molecule has 0 aromatic carbocycles. The van der Waals surface area contributed by atoms with E-state index in [-0.39, 0.29) is 17.6 Å². The summed E-state index contributed by atoms with van der Waals surface area (Å²) in [5.41, 5.74) is -0.475. The molecule has 0 atom stereocenters. The summed E-state index contributed by atoms with van der Waals surface area (Å²) < 4.78 is 52.7. The Bertz CT molecular complexity index is 507. The molecule has 0 N–H and O–H groups in total.